The lowest BCUT2D eigenvalue weighted by atomic mass is 9.73. The Kier molecular flexibility index (Phi) is 2.65. The molecule has 3 nitrogen and oxygen atoms in total. The molecule has 3 N–H and O–H groups in total. The van der Waals surface area contributed by atoms with Gasteiger partial charge >= 0.3 is 0 Å². The van der Waals surface area contributed by atoms with Gasteiger partial charge in [-0.05, 0) is 38.0 Å². The minimum absolute atomic E-state index is 0.00463. The summed E-state index contributed by atoms with van der Waals surface area (Å²) in [6.45, 7) is 7.62. The fourth-order valence-electron chi connectivity index (χ4n) is 2.74. The Hall–Kier alpha value is -0.570. The van der Waals surface area contributed by atoms with Crippen LogP contribution in [0.2, 0.25) is 0 Å². The summed E-state index contributed by atoms with van der Waals surface area (Å²) >= 11 is 0. The van der Waals surface area contributed by atoms with E-state index in [4.69, 9.17) is 5.73 Å². The Balaban J connectivity index is 2.96. The van der Waals surface area contributed by atoms with E-state index >= 15 is 0 Å². The topological polar surface area (TPSA) is 63.3 Å². The van der Waals surface area contributed by atoms with E-state index in [1.165, 1.54) is 0 Å². The van der Waals surface area contributed by atoms with Crippen LogP contribution in [0.25, 0.3) is 0 Å². The summed E-state index contributed by atoms with van der Waals surface area (Å²) in [5.74, 6) is -0.489. The summed E-state index contributed by atoms with van der Waals surface area (Å²) in [4.78, 5) is 11.4. The van der Waals surface area contributed by atoms with Gasteiger partial charge in [0.05, 0.1) is 5.60 Å². The molecule has 2 atom stereocenters. The molecule has 0 aromatic rings. The number of aliphatic hydroxyl groups is 1. The lowest BCUT2D eigenvalue weighted by molar-refractivity contribution is -0.129. The molecule has 1 fully saturated rings. The molecule has 82 valence electrons. The first-order valence-electron chi connectivity index (χ1n) is 5.18. The van der Waals surface area contributed by atoms with Crippen LogP contribution in [0.3, 0.4) is 0 Å². The molecule has 0 heterocycles. The van der Waals surface area contributed by atoms with Gasteiger partial charge in [0.2, 0.25) is 5.91 Å². The van der Waals surface area contributed by atoms with E-state index in [1.54, 1.807) is 13.8 Å². The van der Waals surface area contributed by atoms with Crippen LogP contribution in [-0.2, 0) is 4.79 Å². The molecule has 3 heteroatoms. The smallest absolute Gasteiger partial charge is 0.221 e. The van der Waals surface area contributed by atoms with Crippen molar-refractivity contribution in [3.8, 4) is 0 Å². The highest BCUT2D eigenvalue weighted by Gasteiger charge is 2.50. The molecule has 0 aliphatic heterocycles. The number of carbonyl (C=O) groups excluding carboxylic acids is 1. The third kappa shape index (κ3) is 1.92. The molecule has 0 spiro atoms. The largest absolute Gasteiger partial charge is 0.390 e. The van der Waals surface area contributed by atoms with E-state index in [1.807, 2.05) is 13.8 Å². The van der Waals surface area contributed by atoms with E-state index < -0.39 is 5.60 Å². The number of nitrogens with two attached hydrogens (primary N) is 1. The molecule has 0 aromatic carbocycles. The summed E-state index contributed by atoms with van der Waals surface area (Å²) in [5.41, 5.74) is 4.53. The Morgan fingerprint density at radius 3 is 2.29 bits per heavy atom. The average molecular weight is 199 g/mol. The van der Waals surface area contributed by atoms with Crippen molar-refractivity contribution in [2.45, 2.75) is 46.1 Å². The predicted molar refractivity (Wildman–Crippen MR) is 55.5 cm³/mol. The molecular weight excluding hydrogens is 178 g/mol. The van der Waals surface area contributed by atoms with Crippen molar-refractivity contribution in [1.82, 2.24) is 0 Å². The maximum Gasteiger partial charge on any atom is 0.221 e. The fraction of sp³-hybridized carbons (Fsp3) is 0.909. The van der Waals surface area contributed by atoms with Crippen molar-refractivity contribution >= 4 is 5.91 Å². The van der Waals surface area contributed by atoms with E-state index in [0.717, 1.165) is 12.8 Å². The summed E-state index contributed by atoms with van der Waals surface area (Å²) in [6.07, 6.45) is 1.83. The maximum atomic E-state index is 11.4. The molecule has 1 aliphatic rings. The molecule has 0 saturated heterocycles. The first-order chi connectivity index (χ1) is 6.16. The van der Waals surface area contributed by atoms with Gasteiger partial charge in [0.1, 0.15) is 0 Å². The second-order valence-electron chi connectivity index (χ2n) is 5.67. The second kappa shape index (κ2) is 3.23. The molecule has 1 amide bonds. The van der Waals surface area contributed by atoms with Crippen LogP contribution >= 0.6 is 0 Å². The summed E-state index contributed by atoms with van der Waals surface area (Å²) in [6, 6.07) is 0. The lowest BCUT2D eigenvalue weighted by Gasteiger charge is -2.34. The molecule has 1 aliphatic carbocycles. The number of carbonyl (C=O) groups is 1. The van der Waals surface area contributed by atoms with Crippen molar-refractivity contribution < 1.29 is 9.90 Å². The number of primary amides is 1. The summed E-state index contributed by atoms with van der Waals surface area (Å²) in [7, 11) is 0. The maximum absolute atomic E-state index is 11.4. The van der Waals surface area contributed by atoms with Crippen LogP contribution in [0.1, 0.15) is 40.5 Å². The van der Waals surface area contributed by atoms with Gasteiger partial charge in [-0.15, -0.1) is 0 Å². The van der Waals surface area contributed by atoms with Gasteiger partial charge in [-0.25, -0.2) is 0 Å². The van der Waals surface area contributed by atoms with Crippen LogP contribution in [0, 0.1) is 17.3 Å². The Labute approximate surface area is 85.7 Å². The summed E-state index contributed by atoms with van der Waals surface area (Å²) in [5, 5.41) is 9.96. The van der Waals surface area contributed by atoms with Crippen molar-refractivity contribution in [3.63, 3.8) is 0 Å². The third-order valence-electron chi connectivity index (χ3n) is 3.56. The highest BCUT2D eigenvalue weighted by atomic mass is 16.3. The van der Waals surface area contributed by atoms with Gasteiger partial charge in [0.15, 0.2) is 0 Å². The Morgan fingerprint density at radius 2 is 2.00 bits per heavy atom. The zero-order chi connectivity index (χ0) is 11.1. The van der Waals surface area contributed by atoms with Gasteiger partial charge in [0, 0.05) is 5.92 Å². The highest BCUT2D eigenvalue weighted by Crippen LogP contribution is 2.50. The van der Waals surface area contributed by atoms with E-state index in [9.17, 15) is 9.90 Å². The lowest BCUT2D eigenvalue weighted by Crippen LogP contribution is -2.43. The minimum atomic E-state index is -0.812. The van der Waals surface area contributed by atoms with Crippen molar-refractivity contribution in [3.05, 3.63) is 0 Å². The van der Waals surface area contributed by atoms with Gasteiger partial charge in [-0.1, -0.05) is 13.8 Å². The molecular formula is C11H21NO2. The van der Waals surface area contributed by atoms with E-state index in [2.05, 4.69) is 0 Å². The molecule has 0 radical (unpaired) electrons. The quantitative estimate of drug-likeness (QED) is 0.704. The van der Waals surface area contributed by atoms with Crippen LogP contribution in [-0.4, -0.2) is 16.6 Å². The number of hydrogen-bond acceptors (Lipinski definition) is 2. The average Bonchev–Trinajstić information content (AvgIpc) is 2.23. The van der Waals surface area contributed by atoms with Crippen molar-refractivity contribution in [1.29, 1.82) is 0 Å². The van der Waals surface area contributed by atoms with Gasteiger partial charge in [-0.3, -0.25) is 4.79 Å². The fourth-order valence-corrected chi connectivity index (χ4v) is 2.74. The van der Waals surface area contributed by atoms with Crippen LogP contribution < -0.4 is 5.73 Å². The number of hydrogen-bond donors (Lipinski definition) is 2. The Morgan fingerprint density at radius 1 is 1.50 bits per heavy atom. The molecule has 1 saturated carbocycles. The minimum Gasteiger partial charge on any atom is -0.390 e. The van der Waals surface area contributed by atoms with Gasteiger partial charge < -0.3 is 10.8 Å². The van der Waals surface area contributed by atoms with Crippen LogP contribution in [0.5, 0.6) is 0 Å². The van der Waals surface area contributed by atoms with Crippen LogP contribution in [0.4, 0.5) is 0 Å². The second-order valence-corrected chi connectivity index (χ2v) is 5.67. The molecule has 2 unspecified atom stereocenters. The zero-order valence-electron chi connectivity index (χ0n) is 9.50. The number of amides is 1. The SMILES string of the molecule is CC(C)(O)C1CCC(C)(C)C1C(N)=O. The zero-order valence-corrected chi connectivity index (χ0v) is 9.50. The third-order valence-corrected chi connectivity index (χ3v) is 3.56. The molecule has 14 heavy (non-hydrogen) atoms. The normalized spacial score (nSPS) is 31.8. The van der Waals surface area contributed by atoms with Crippen molar-refractivity contribution in [2.75, 3.05) is 0 Å². The van der Waals surface area contributed by atoms with Gasteiger partial charge in [-0.2, -0.15) is 0 Å². The van der Waals surface area contributed by atoms with E-state index in [0.29, 0.717) is 0 Å². The first kappa shape index (κ1) is 11.5. The Bertz CT molecular complexity index is 240. The first-order valence-corrected chi connectivity index (χ1v) is 5.18. The summed E-state index contributed by atoms with van der Waals surface area (Å²) < 4.78 is 0. The standard InChI is InChI=1S/C11H21NO2/c1-10(2)6-5-7(11(3,4)14)8(10)9(12)13/h7-8,14H,5-6H2,1-4H3,(H2,12,13). The molecule has 0 bridgehead atoms. The van der Waals surface area contributed by atoms with Gasteiger partial charge in [0.25, 0.3) is 0 Å². The monoisotopic (exact) mass is 199 g/mol. The predicted octanol–water partition coefficient (Wildman–Crippen LogP) is 1.29. The number of rotatable bonds is 2. The molecule has 0 aromatic heterocycles. The van der Waals surface area contributed by atoms with E-state index in [-0.39, 0.29) is 23.2 Å². The van der Waals surface area contributed by atoms with Crippen molar-refractivity contribution in [2.24, 2.45) is 23.0 Å². The van der Waals surface area contributed by atoms with Crippen LogP contribution in [0.15, 0.2) is 0 Å². The highest BCUT2D eigenvalue weighted by molar-refractivity contribution is 5.78. The molecule has 1 rings (SSSR count).